The molecule has 0 aliphatic carbocycles. The van der Waals surface area contributed by atoms with Gasteiger partial charge in [0.2, 0.25) is 0 Å². The molecule has 1 aromatic rings. The van der Waals surface area contributed by atoms with E-state index in [0.717, 1.165) is 12.1 Å². The summed E-state index contributed by atoms with van der Waals surface area (Å²) in [4.78, 5) is 0. The number of halogens is 3. The van der Waals surface area contributed by atoms with Gasteiger partial charge in [-0.1, -0.05) is 6.92 Å². The van der Waals surface area contributed by atoms with Crippen molar-refractivity contribution in [1.29, 1.82) is 0 Å². The Morgan fingerprint density at radius 2 is 1.56 bits per heavy atom. The van der Waals surface area contributed by atoms with Crippen LogP contribution in [0.5, 0.6) is 0 Å². The van der Waals surface area contributed by atoms with E-state index in [4.69, 9.17) is 0 Å². The van der Waals surface area contributed by atoms with Gasteiger partial charge in [-0.25, -0.2) is 0 Å². The molecular formula is C12H16F3NO2. The molecule has 0 atom stereocenters. The first-order valence-electron chi connectivity index (χ1n) is 5.54. The minimum atomic E-state index is -4.37. The number of hydrogen-bond acceptors (Lipinski definition) is 3. The van der Waals surface area contributed by atoms with Gasteiger partial charge in [-0.05, 0) is 30.7 Å². The average molecular weight is 263 g/mol. The number of nitrogens with one attached hydrogen (secondary N) is 1. The van der Waals surface area contributed by atoms with Crippen molar-refractivity contribution in [2.75, 3.05) is 18.5 Å². The lowest BCUT2D eigenvalue weighted by molar-refractivity contribution is -0.137. The normalized spacial score (nSPS) is 12.6. The highest BCUT2D eigenvalue weighted by molar-refractivity contribution is 5.47. The fourth-order valence-corrected chi connectivity index (χ4v) is 1.49. The predicted octanol–water partition coefficient (Wildman–Crippen LogP) is 2.25. The van der Waals surface area contributed by atoms with Gasteiger partial charge in [0, 0.05) is 5.69 Å². The Labute approximate surface area is 103 Å². The first-order valence-corrected chi connectivity index (χ1v) is 5.54. The van der Waals surface area contributed by atoms with Crippen LogP contribution in [0.2, 0.25) is 0 Å². The van der Waals surface area contributed by atoms with Crippen LogP contribution >= 0.6 is 0 Å². The van der Waals surface area contributed by atoms with Crippen molar-refractivity contribution < 1.29 is 23.4 Å². The minimum Gasteiger partial charge on any atom is -0.394 e. The van der Waals surface area contributed by atoms with Gasteiger partial charge in [-0.15, -0.1) is 0 Å². The summed E-state index contributed by atoms with van der Waals surface area (Å²) in [6.45, 7) is 1.16. The van der Waals surface area contributed by atoms with E-state index >= 15 is 0 Å². The standard InChI is InChI=1S/C12H16F3NO2/c1-2-11(7-17,8-18)16-10-5-3-9(4-6-10)12(13,14)15/h3-6,16-18H,2,7-8H2,1H3. The van der Waals surface area contributed by atoms with Crippen LogP contribution in [0.15, 0.2) is 24.3 Å². The molecule has 0 heterocycles. The van der Waals surface area contributed by atoms with Crippen molar-refractivity contribution in [2.24, 2.45) is 0 Å². The summed E-state index contributed by atoms with van der Waals surface area (Å²) in [5.41, 5.74) is -1.23. The molecule has 3 N–H and O–H groups in total. The van der Waals surface area contributed by atoms with E-state index in [0.29, 0.717) is 12.1 Å². The van der Waals surface area contributed by atoms with Gasteiger partial charge < -0.3 is 15.5 Å². The van der Waals surface area contributed by atoms with Crippen LogP contribution < -0.4 is 5.32 Å². The highest BCUT2D eigenvalue weighted by Crippen LogP contribution is 2.30. The van der Waals surface area contributed by atoms with Crippen LogP contribution in [0, 0.1) is 0 Å². The van der Waals surface area contributed by atoms with Gasteiger partial charge in [0.1, 0.15) is 0 Å². The highest BCUT2D eigenvalue weighted by Gasteiger charge is 2.30. The first-order chi connectivity index (χ1) is 8.37. The molecule has 0 unspecified atom stereocenters. The molecule has 0 saturated heterocycles. The second kappa shape index (κ2) is 5.58. The van der Waals surface area contributed by atoms with Gasteiger partial charge >= 0.3 is 6.18 Å². The fourth-order valence-electron chi connectivity index (χ4n) is 1.49. The summed E-state index contributed by atoms with van der Waals surface area (Å²) in [7, 11) is 0. The van der Waals surface area contributed by atoms with Crippen molar-refractivity contribution >= 4 is 5.69 Å². The Bertz CT molecular complexity index is 364. The summed E-state index contributed by atoms with van der Waals surface area (Å²) in [6, 6.07) is 4.46. The number of aliphatic hydroxyl groups is 2. The Morgan fingerprint density at radius 1 is 1.06 bits per heavy atom. The van der Waals surface area contributed by atoms with Crippen molar-refractivity contribution in [3.05, 3.63) is 29.8 Å². The molecule has 0 bridgehead atoms. The van der Waals surface area contributed by atoms with Crippen LogP contribution in [0.1, 0.15) is 18.9 Å². The molecular weight excluding hydrogens is 247 g/mol. The molecule has 1 rings (SSSR count). The van der Waals surface area contributed by atoms with Crippen molar-refractivity contribution in [1.82, 2.24) is 0 Å². The Balaban J connectivity index is 2.86. The van der Waals surface area contributed by atoms with E-state index in [2.05, 4.69) is 5.32 Å². The second-order valence-electron chi connectivity index (χ2n) is 4.15. The van der Waals surface area contributed by atoms with Gasteiger partial charge in [0.15, 0.2) is 0 Å². The Morgan fingerprint density at radius 3 is 1.89 bits per heavy atom. The zero-order valence-corrected chi connectivity index (χ0v) is 9.96. The smallest absolute Gasteiger partial charge is 0.394 e. The lowest BCUT2D eigenvalue weighted by atomic mass is 9.98. The van der Waals surface area contributed by atoms with E-state index in [1.165, 1.54) is 12.1 Å². The Hall–Kier alpha value is -1.27. The summed E-state index contributed by atoms with van der Waals surface area (Å²) in [6.07, 6.45) is -3.92. The van der Waals surface area contributed by atoms with E-state index in [1.807, 2.05) is 0 Å². The van der Waals surface area contributed by atoms with Crippen LogP contribution in [-0.4, -0.2) is 29.0 Å². The molecule has 0 saturated carbocycles. The molecule has 18 heavy (non-hydrogen) atoms. The molecule has 0 fully saturated rings. The largest absolute Gasteiger partial charge is 0.416 e. The molecule has 0 amide bonds. The molecule has 0 aliphatic rings. The van der Waals surface area contributed by atoms with Gasteiger partial charge in [-0.3, -0.25) is 0 Å². The Kier molecular flexibility index (Phi) is 4.59. The number of benzene rings is 1. The minimum absolute atomic E-state index is 0.305. The highest BCUT2D eigenvalue weighted by atomic mass is 19.4. The monoisotopic (exact) mass is 263 g/mol. The van der Waals surface area contributed by atoms with E-state index in [9.17, 15) is 23.4 Å². The quantitative estimate of drug-likeness (QED) is 0.763. The number of rotatable bonds is 5. The third kappa shape index (κ3) is 3.36. The number of alkyl halides is 3. The third-order valence-electron chi connectivity index (χ3n) is 2.90. The van der Waals surface area contributed by atoms with Crippen molar-refractivity contribution in [3.63, 3.8) is 0 Å². The van der Waals surface area contributed by atoms with Gasteiger partial charge in [-0.2, -0.15) is 13.2 Å². The number of aliphatic hydroxyl groups excluding tert-OH is 2. The lowest BCUT2D eigenvalue weighted by Crippen LogP contribution is -2.45. The number of anilines is 1. The van der Waals surface area contributed by atoms with Crippen LogP contribution in [-0.2, 0) is 6.18 Å². The maximum atomic E-state index is 12.4. The second-order valence-corrected chi connectivity index (χ2v) is 4.15. The maximum absolute atomic E-state index is 12.4. The SMILES string of the molecule is CCC(CO)(CO)Nc1ccc(C(F)(F)F)cc1. The molecule has 102 valence electrons. The third-order valence-corrected chi connectivity index (χ3v) is 2.90. The molecule has 0 aromatic heterocycles. The van der Waals surface area contributed by atoms with E-state index < -0.39 is 17.3 Å². The van der Waals surface area contributed by atoms with Crippen LogP contribution in [0.4, 0.5) is 18.9 Å². The predicted molar refractivity (Wildman–Crippen MR) is 62.3 cm³/mol. The summed E-state index contributed by atoms with van der Waals surface area (Å²) < 4.78 is 37.1. The molecule has 3 nitrogen and oxygen atoms in total. The zero-order chi connectivity index (χ0) is 13.8. The number of hydrogen-bond donors (Lipinski definition) is 3. The summed E-state index contributed by atoms with van der Waals surface area (Å²) in [5, 5.41) is 21.3. The van der Waals surface area contributed by atoms with Crippen molar-refractivity contribution in [3.8, 4) is 0 Å². The van der Waals surface area contributed by atoms with Crippen LogP contribution in [0.25, 0.3) is 0 Å². The van der Waals surface area contributed by atoms with Crippen LogP contribution in [0.3, 0.4) is 0 Å². The van der Waals surface area contributed by atoms with Gasteiger partial charge in [0.25, 0.3) is 0 Å². The first kappa shape index (κ1) is 14.8. The topological polar surface area (TPSA) is 52.5 Å². The van der Waals surface area contributed by atoms with Crippen molar-refractivity contribution in [2.45, 2.75) is 25.1 Å². The van der Waals surface area contributed by atoms with Gasteiger partial charge in [0.05, 0.1) is 24.3 Å². The summed E-state index contributed by atoms with van der Waals surface area (Å²) in [5.74, 6) is 0. The van der Waals surface area contributed by atoms with E-state index in [-0.39, 0.29) is 13.2 Å². The molecule has 0 aliphatic heterocycles. The fraction of sp³-hybridized carbons (Fsp3) is 0.500. The molecule has 0 spiro atoms. The average Bonchev–Trinajstić information content (AvgIpc) is 2.36. The van der Waals surface area contributed by atoms with E-state index in [1.54, 1.807) is 6.92 Å². The zero-order valence-electron chi connectivity index (χ0n) is 9.96. The molecule has 6 heteroatoms. The molecule has 1 aromatic carbocycles. The summed E-state index contributed by atoms with van der Waals surface area (Å²) >= 11 is 0. The molecule has 0 radical (unpaired) electrons. The lowest BCUT2D eigenvalue weighted by Gasteiger charge is -2.31. The maximum Gasteiger partial charge on any atom is 0.416 e.